The largest absolute Gasteiger partial charge is 0.478 e. The van der Waals surface area contributed by atoms with Crippen LogP contribution in [0.15, 0.2) is 61.3 Å². The second-order valence-corrected chi connectivity index (χ2v) is 5.77. The minimum atomic E-state index is -1.00. The van der Waals surface area contributed by atoms with Crippen LogP contribution in [-0.2, 0) is 6.54 Å². The Hall–Kier alpha value is -3.74. The molecule has 0 saturated heterocycles. The van der Waals surface area contributed by atoms with Crippen LogP contribution in [0, 0.1) is 0 Å². The van der Waals surface area contributed by atoms with Gasteiger partial charge in [0.15, 0.2) is 0 Å². The number of hydrogen-bond acceptors (Lipinski definition) is 5. The van der Waals surface area contributed by atoms with Crippen molar-refractivity contribution in [3.05, 3.63) is 72.4 Å². The van der Waals surface area contributed by atoms with E-state index in [1.807, 2.05) is 30.5 Å². The molecule has 0 radical (unpaired) electrons. The smallest absolute Gasteiger partial charge is 0.337 e. The fraction of sp³-hybridized carbons (Fsp3) is 0.0526. The molecule has 4 heterocycles. The van der Waals surface area contributed by atoms with Crippen LogP contribution in [0.1, 0.15) is 15.9 Å². The zero-order chi connectivity index (χ0) is 17.9. The molecule has 128 valence electrons. The summed E-state index contributed by atoms with van der Waals surface area (Å²) in [6.07, 6.45) is 8.29. The van der Waals surface area contributed by atoms with Gasteiger partial charge in [0, 0.05) is 48.5 Å². The normalized spacial score (nSPS) is 10.8. The number of aromatic amines is 1. The van der Waals surface area contributed by atoms with E-state index in [1.54, 1.807) is 24.7 Å². The number of aromatic nitrogens is 4. The molecule has 0 aromatic carbocycles. The summed E-state index contributed by atoms with van der Waals surface area (Å²) in [5, 5.41) is 13.4. The molecule has 4 aromatic heterocycles. The third-order valence-corrected chi connectivity index (χ3v) is 4.05. The quantitative estimate of drug-likeness (QED) is 0.512. The van der Waals surface area contributed by atoms with E-state index < -0.39 is 5.97 Å². The number of pyridine rings is 3. The summed E-state index contributed by atoms with van der Waals surface area (Å²) in [6.45, 7) is 0.606. The second-order valence-electron chi connectivity index (χ2n) is 5.77. The van der Waals surface area contributed by atoms with Gasteiger partial charge in [0.2, 0.25) is 0 Å². The van der Waals surface area contributed by atoms with Crippen molar-refractivity contribution in [1.82, 2.24) is 19.9 Å². The van der Waals surface area contributed by atoms with Gasteiger partial charge in [-0.3, -0.25) is 9.97 Å². The Morgan fingerprint density at radius 1 is 1.12 bits per heavy atom. The molecule has 0 aliphatic rings. The molecule has 4 aromatic rings. The minimum Gasteiger partial charge on any atom is -0.478 e. The van der Waals surface area contributed by atoms with Crippen LogP contribution in [-0.4, -0.2) is 31.0 Å². The highest BCUT2D eigenvalue weighted by Crippen LogP contribution is 2.30. The molecule has 3 N–H and O–H groups in total. The van der Waals surface area contributed by atoms with Gasteiger partial charge in [0.25, 0.3) is 0 Å². The van der Waals surface area contributed by atoms with Gasteiger partial charge in [-0.05, 0) is 41.5 Å². The SMILES string of the molecule is O=C(O)c1cncc(-c2cc(NCc3ccncc3)nc3[nH]ccc23)c1. The minimum absolute atomic E-state index is 0.147. The van der Waals surface area contributed by atoms with Crippen molar-refractivity contribution >= 4 is 22.8 Å². The zero-order valence-electron chi connectivity index (χ0n) is 13.7. The lowest BCUT2D eigenvalue weighted by molar-refractivity contribution is 0.0696. The van der Waals surface area contributed by atoms with Gasteiger partial charge >= 0.3 is 5.97 Å². The topological polar surface area (TPSA) is 104 Å². The average molecular weight is 345 g/mol. The molecular formula is C19H15N5O2. The number of hydrogen-bond donors (Lipinski definition) is 3. The van der Waals surface area contributed by atoms with Crippen molar-refractivity contribution in [2.24, 2.45) is 0 Å². The van der Waals surface area contributed by atoms with Crippen LogP contribution < -0.4 is 5.32 Å². The third kappa shape index (κ3) is 3.10. The van der Waals surface area contributed by atoms with Crippen molar-refractivity contribution in [2.45, 2.75) is 6.54 Å². The molecule has 7 nitrogen and oxygen atoms in total. The van der Waals surface area contributed by atoms with Gasteiger partial charge in [-0.2, -0.15) is 0 Å². The highest BCUT2D eigenvalue weighted by molar-refractivity contribution is 5.96. The number of anilines is 1. The summed E-state index contributed by atoms with van der Waals surface area (Å²) >= 11 is 0. The summed E-state index contributed by atoms with van der Waals surface area (Å²) < 4.78 is 0. The van der Waals surface area contributed by atoms with Gasteiger partial charge < -0.3 is 15.4 Å². The number of carbonyl (C=O) groups is 1. The molecule has 0 unspecified atom stereocenters. The second kappa shape index (κ2) is 6.64. The van der Waals surface area contributed by atoms with Crippen LogP contribution in [0.4, 0.5) is 5.82 Å². The highest BCUT2D eigenvalue weighted by Gasteiger charge is 2.12. The summed E-state index contributed by atoms with van der Waals surface area (Å²) in [4.78, 5) is 27.0. The number of H-pyrrole nitrogens is 1. The molecule has 0 bridgehead atoms. The molecule has 0 atom stereocenters. The first kappa shape index (κ1) is 15.8. The molecule has 0 amide bonds. The molecule has 0 spiro atoms. The summed E-state index contributed by atoms with van der Waals surface area (Å²) in [6, 6.07) is 9.30. The van der Waals surface area contributed by atoms with E-state index in [9.17, 15) is 9.90 Å². The van der Waals surface area contributed by atoms with Gasteiger partial charge in [-0.25, -0.2) is 9.78 Å². The first-order valence-corrected chi connectivity index (χ1v) is 8.00. The average Bonchev–Trinajstić information content (AvgIpc) is 3.15. The van der Waals surface area contributed by atoms with Crippen molar-refractivity contribution in [3.8, 4) is 11.1 Å². The Kier molecular flexibility index (Phi) is 4.03. The fourth-order valence-corrected chi connectivity index (χ4v) is 2.76. The summed E-state index contributed by atoms with van der Waals surface area (Å²) in [7, 11) is 0. The van der Waals surface area contributed by atoms with Crippen LogP contribution in [0.5, 0.6) is 0 Å². The molecule has 0 aliphatic carbocycles. The molecule has 0 saturated carbocycles. The van der Waals surface area contributed by atoms with Crippen molar-refractivity contribution < 1.29 is 9.90 Å². The molecule has 0 aliphatic heterocycles. The van der Waals surface area contributed by atoms with E-state index in [4.69, 9.17) is 0 Å². The maximum atomic E-state index is 11.2. The van der Waals surface area contributed by atoms with Crippen molar-refractivity contribution in [2.75, 3.05) is 5.32 Å². The molecule has 0 fully saturated rings. The lowest BCUT2D eigenvalue weighted by Crippen LogP contribution is -2.02. The number of carboxylic acid groups (broad SMARTS) is 1. The first-order valence-electron chi connectivity index (χ1n) is 8.00. The van der Waals surface area contributed by atoms with Crippen molar-refractivity contribution in [3.63, 3.8) is 0 Å². The molecule has 7 heteroatoms. The monoisotopic (exact) mass is 345 g/mol. The van der Waals surface area contributed by atoms with E-state index in [0.29, 0.717) is 12.4 Å². The number of nitrogens with one attached hydrogen (secondary N) is 2. The van der Waals surface area contributed by atoms with Crippen molar-refractivity contribution in [1.29, 1.82) is 0 Å². The van der Waals surface area contributed by atoms with Crippen LogP contribution in [0.2, 0.25) is 0 Å². The number of fused-ring (bicyclic) bond motifs is 1. The Bertz CT molecular complexity index is 1080. The van der Waals surface area contributed by atoms with Crippen LogP contribution in [0.3, 0.4) is 0 Å². The standard InChI is InChI=1S/C19H15N5O2/c25-19(26)14-7-13(10-21-11-14)16-8-17(24-18-15(16)3-6-22-18)23-9-12-1-4-20-5-2-12/h1-8,10-11H,9H2,(H,25,26)(H2,22,23,24). The Morgan fingerprint density at radius 3 is 2.77 bits per heavy atom. The zero-order valence-corrected chi connectivity index (χ0v) is 13.7. The third-order valence-electron chi connectivity index (χ3n) is 4.05. The molecule has 26 heavy (non-hydrogen) atoms. The number of nitrogens with zero attached hydrogens (tertiary/aromatic N) is 3. The van der Waals surface area contributed by atoms with Crippen LogP contribution in [0.25, 0.3) is 22.2 Å². The fourth-order valence-electron chi connectivity index (χ4n) is 2.76. The van der Waals surface area contributed by atoms with Crippen LogP contribution >= 0.6 is 0 Å². The Labute approximate surface area is 148 Å². The summed E-state index contributed by atoms with van der Waals surface area (Å²) in [5.41, 5.74) is 3.55. The summed E-state index contributed by atoms with van der Waals surface area (Å²) in [5.74, 6) is -0.317. The van der Waals surface area contributed by atoms with E-state index in [1.165, 1.54) is 6.20 Å². The predicted octanol–water partition coefficient (Wildman–Crippen LogP) is 3.33. The Balaban J connectivity index is 1.73. The van der Waals surface area contributed by atoms with Gasteiger partial charge in [-0.15, -0.1) is 0 Å². The number of carboxylic acids is 1. The van der Waals surface area contributed by atoms with Gasteiger partial charge in [-0.1, -0.05) is 0 Å². The number of rotatable bonds is 5. The first-order chi connectivity index (χ1) is 12.7. The van der Waals surface area contributed by atoms with E-state index in [0.717, 1.165) is 27.7 Å². The number of aromatic carboxylic acids is 1. The maximum absolute atomic E-state index is 11.2. The lowest BCUT2D eigenvalue weighted by Gasteiger charge is -2.10. The Morgan fingerprint density at radius 2 is 1.96 bits per heavy atom. The van der Waals surface area contributed by atoms with Gasteiger partial charge in [0.1, 0.15) is 11.5 Å². The molecule has 4 rings (SSSR count). The molecular weight excluding hydrogens is 330 g/mol. The highest BCUT2D eigenvalue weighted by atomic mass is 16.4. The van der Waals surface area contributed by atoms with E-state index >= 15 is 0 Å². The predicted molar refractivity (Wildman–Crippen MR) is 97.8 cm³/mol. The lowest BCUT2D eigenvalue weighted by atomic mass is 10.0. The van der Waals surface area contributed by atoms with Gasteiger partial charge in [0.05, 0.1) is 5.56 Å². The van der Waals surface area contributed by atoms with E-state index in [-0.39, 0.29) is 5.56 Å². The maximum Gasteiger partial charge on any atom is 0.337 e. The van der Waals surface area contributed by atoms with E-state index in [2.05, 4.69) is 25.3 Å².